The Morgan fingerprint density at radius 3 is 2.48 bits per heavy atom. The van der Waals surface area contributed by atoms with Crippen molar-refractivity contribution in [3.05, 3.63) is 81.1 Å². The van der Waals surface area contributed by atoms with Crippen molar-refractivity contribution < 1.29 is 22.7 Å². The molecule has 29 heavy (non-hydrogen) atoms. The molecule has 1 heterocycles. The van der Waals surface area contributed by atoms with E-state index in [1.165, 1.54) is 36.4 Å². The van der Waals surface area contributed by atoms with Crippen LogP contribution >= 0.6 is 34.5 Å². The Morgan fingerprint density at radius 1 is 1.00 bits per heavy atom. The van der Waals surface area contributed by atoms with Gasteiger partial charge in [0.2, 0.25) is 5.78 Å². The Morgan fingerprint density at radius 2 is 1.76 bits per heavy atom. The van der Waals surface area contributed by atoms with E-state index in [-0.39, 0.29) is 26.0 Å². The largest absolute Gasteiger partial charge is 0.454 e. The van der Waals surface area contributed by atoms with E-state index in [4.69, 9.17) is 27.9 Å². The second kappa shape index (κ2) is 8.96. The molecule has 0 unspecified atom stereocenters. The summed E-state index contributed by atoms with van der Waals surface area (Å²) >= 11 is 12.9. The van der Waals surface area contributed by atoms with E-state index in [0.29, 0.717) is 5.02 Å². The normalized spacial score (nSPS) is 11.1. The molecule has 1 aromatic heterocycles. The number of thiophene rings is 1. The maximum atomic E-state index is 12.5. The number of benzene rings is 2. The smallest absolute Gasteiger partial charge is 0.340 e. The van der Waals surface area contributed by atoms with E-state index < -0.39 is 28.4 Å². The molecule has 0 spiro atoms. The highest BCUT2D eigenvalue weighted by atomic mass is 35.5. The molecule has 0 aliphatic rings. The van der Waals surface area contributed by atoms with Crippen LogP contribution in [-0.2, 0) is 14.8 Å². The molecule has 3 rings (SSSR count). The van der Waals surface area contributed by atoms with E-state index in [0.717, 1.165) is 11.3 Å². The van der Waals surface area contributed by atoms with Gasteiger partial charge in [-0.1, -0.05) is 41.4 Å². The van der Waals surface area contributed by atoms with Crippen molar-refractivity contribution in [2.45, 2.75) is 4.21 Å². The number of Topliss-reactive ketones (excluding diaryl/α,β-unsaturated/α-hetero) is 1. The third-order valence-electron chi connectivity index (χ3n) is 3.71. The number of carbonyl (C=O) groups excluding carboxylic acids is 2. The number of ketones is 1. The van der Waals surface area contributed by atoms with Gasteiger partial charge in [0.25, 0.3) is 10.0 Å². The zero-order valence-electron chi connectivity index (χ0n) is 14.6. The van der Waals surface area contributed by atoms with Crippen molar-refractivity contribution in [3.8, 4) is 0 Å². The van der Waals surface area contributed by atoms with Crippen molar-refractivity contribution in [3.63, 3.8) is 0 Å². The molecular formula is C19H13Cl2NO5S2. The number of sulfonamides is 1. The molecule has 0 radical (unpaired) electrons. The molecule has 0 aliphatic heterocycles. The van der Waals surface area contributed by atoms with Crippen LogP contribution in [0, 0.1) is 0 Å². The number of hydrogen-bond acceptors (Lipinski definition) is 6. The molecule has 6 nitrogen and oxygen atoms in total. The average molecular weight is 470 g/mol. The maximum Gasteiger partial charge on any atom is 0.340 e. The molecule has 3 aromatic rings. The first kappa shape index (κ1) is 21.3. The van der Waals surface area contributed by atoms with E-state index >= 15 is 0 Å². The Kier molecular flexibility index (Phi) is 6.59. The molecule has 0 saturated heterocycles. The molecule has 0 atom stereocenters. The molecule has 10 heteroatoms. The fourth-order valence-electron chi connectivity index (χ4n) is 2.36. The van der Waals surface area contributed by atoms with Crippen molar-refractivity contribution in [1.82, 2.24) is 0 Å². The molecule has 0 fully saturated rings. The van der Waals surface area contributed by atoms with E-state index in [1.807, 2.05) is 0 Å². The summed E-state index contributed by atoms with van der Waals surface area (Å²) in [4.78, 5) is 24.8. The SMILES string of the molecule is O=C(COC(=O)c1ccccc1NS(=O)(=O)c1cccs1)c1cc(Cl)ccc1Cl. The fourth-order valence-corrected chi connectivity index (χ4v) is 4.83. The van der Waals surface area contributed by atoms with Crippen LogP contribution in [-0.4, -0.2) is 26.8 Å². The van der Waals surface area contributed by atoms with Gasteiger partial charge >= 0.3 is 5.97 Å². The number of carbonyl (C=O) groups is 2. The second-order valence-electron chi connectivity index (χ2n) is 5.71. The summed E-state index contributed by atoms with van der Waals surface area (Å²) in [6.45, 7) is -0.578. The molecular weight excluding hydrogens is 457 g/mol. The number of esters is 1. The number of ether oxygens (including phenoxy) is 1. The highest BCUT2D eigenvalue weighted by molar-refractivity contribution is 7.94. The first-order valence-corrected chi connectivity index (χ1v) is 11.2. The number of nitrogens with one attached hydrogen (secondary N) is 1. The number of anilines is 1. The molecule has 0 saturated carbocycles. The standard InChI is InChI=1S/C19H13Cl2NO5S2/c20-12-7-8-15(21)14(10-12)17(23)11-27-19(24)13-4-1-2-5-16(13)22-29(25,26)18-6-3-9-28-18/h1-10,22H,11H2. The molecule has 0 aliphatic carbocycles. The number of para-hydroxylation sites is 1. The number of hydrogen-bond donors (Lipinski definition) is 1. The fraction of sp³-hybridized carbons (Fsp3) is 0.0526. The lowest BCUT2D eigenvalue weighted by molar-refractivity contribution is 0.0476. The Bertz CT molecular complexity index is 1160. The number of halogens is 2. The van der Waals surface area contributed by atoms with Crippen LogP contribution in [0.2, 0.25) is 10.0 Å². The van der Waals surface area contributed by atoms with E-state index in [1.54, 1.807) is 23.6 Å². The van der Waals surface area contributed by atoms with Crippen LogP contribution in [0.3, 0.4) is 0 Å². The van der Waals surface area contributed by atoms with E-state index in [2.05, 4.69) is 4.72 Å². The summed E-state index contributed by atoms with van der Waals surface area (Å²) in [6, 6.07) is 13.4. The highest BCUT2D eigenvalue weighted by Gasteiger charge is 2.21. The lowest BCUT2D eigenvalue weighted by Crippen LogP contribution is -2.18. The molecule has 1 N–H and O–H groups in total. The van der Waals surface area contributed by atoms with Crippen LogP contribution < -0.4 is 4.72 Å². The topological polar surface area (TPSA) is 89.5 Å². The Labute approximate surface area is 181 Å². The zero-order valence-corrected chi connectivity index (χ0v) is 17.7. The third kappa shape index (κ3) is 5.16. The quantitative estimate of drug-likeness (QED) is 0.392. The minimum atomic E-state index is -3.85. The lowest BCUT2D eigenvalue weighted by atomic mass is 10.1. The Hall–Kier alpha value is -2.39. The summed E-state index contributed by atoms with van der Waals surface area (Å²) in [6.07, 6.45) is 0. The molecule has 0 bridgehead atoms. The Balaban J connectivity index is 1.75. The molecule has 2 aromatic carbocycles. The van der Waals surface area contributed by atoms with Gasteiger partial charge in [-0.25, -0.2) is 13.2 Å². The summed E-state index contributed by atoms with van der Waals surface area (Å²) in [5, 5.41) is 2.12. The first-order valence-electron chi connectivity index (χ1n) is 8.08. The predicted octanol–water partition coefficient (Wildman–Crippen LogP) is 4.90. The van der Waals surface area contributed by atoms with Gasteiger partial charge in [-0.05, 0) is 41.8 Å². The van der Waals surface area contributed by atoms with Crippen molar-refractivity contribution >= 4 is 62.0 Å². The van der Waals surface area contributed by atoms with Gasteiger partial charge < -0.3 is 4.74 Å². The van der Waals surface area contributed by atoms with Crippen molar-refractivity contribution in [2.75, 3.05) is 11.3 Å². The molecule has 150 valence electrons. The number of rotatable bonds is 7. The second-order valence-corrected chi connectivity index (χ2v) is 9.41. The van der Waals surface area contributed by atoms with Crippen molar-refractivity contribution in [1.29, 1.82) is 0 Å². The van der Waals surface area contributed by atoms with Gasteiger partial charge in [0.15, 0.2) is 6.61 Å². The maximum absolute atomic E-state index is 12.5. The summed E-state index contributed by atoms with van der Waals surface area (Å²) in [5.41, 5.74) is 0.135. The monoisotopic (exact) mass is 469 g/mol. The van der Waals surface area contributed by atoms with Crippen LogP contribution in [0.15, 0.2) is 64.2 Å². The highest BCUT2D eigenvalue weighted by Crippen LogP contribution is 2.24. The van der Waals surface area contributed by atoms with Crippen LogP contribution in [0.5, 0.6) is 0 Å². The van der Waals surface area contributed by atoms with Gasteiger partial charge in [0.05, 0.1) is 16.3 Å². The van der Waals surface area contributed by atoms with Crippen LogP contribution in [0.1, 0.15) is 20.7 Å². The predicted molar refractivity (Wildman–Crippen MR) is 113 cm³/mol. The first-order chi connectivity index (χ1) is 13.8. The minimum Gasteiger partial charge on any atom is -0.454 e. The zero-order chi connectivity index (χ0) is 21.0. The summed E-state index contributed by atoms with van der Waals surface area (Å²) < 4.78 is 32.4. The molecule has 0 amide bonds. The van der Waals surface area contributed by atoms with Crippen LogP contribution in [0.25, 0.3) is 0 Å². The van der Waals surface area contributed by atoms with E-state index in [9.17, 15) is 18.0 Å². The summed E-state index contributed by atoms with van der Waals surface area (Å²) in [7, 11) is -3.85. The van der Waals surface area contributed by atoms with Crippen molar-refractivity contribution in [2.24, 2.45) is 0 Å². The van der Waals surface area contributed by atoms with Gasteiger partial charge in [0, 0.05) is 10.6 Å². The third-order valence-corrected chi connectivity index (χ3v) is 7.04. The van der Waals surface area contributed by atoms with Gasteiger partial charge in [-0.15, -0.1) is 11.3 Å². The van der Waals surface area contributed by atoms with Gasteiger partial charge in [-0.2, -0.15) is 0 Å². The van der Waals surface area contributed by atoms with Gasteiger partial charge in [0.1, 0.15) is 4.21 Å². The summed E-state index contributed by atoms with van der Waals surface area (Å²) in [5.74, 6) is -1.40. The average Bonchev–Trinajstić information content (AvgIpc) is 3.24. The minimum absolute atomic E-state index is 0.0300. The lowest BCUT2D eigenvalue weighted by Gasteiger charge is -2.11. The van der Waals surface area contributed by atoms with Gasteiger partial charge in [-0.3, -0.25) is 9.52 Å². The van der Waals surface area contributed by atoms with Crippen LogP contribution in [0.4, 0.5) is 5.69 Å².